The fraction of sp³-hybridized carbons (Fsp3) is 0.353. The van der Waals surface area contributed by atoms with Crippen molar-refractivity contribution in [2.24, 2.45) is 11.7 Å². The van der Waals surface area contributed by atoms with E-state index in [1.165, 1.54) is 0 Å². The molecule has 7 nitrogen and oxygen atoms in total. The van der Waals surface area contributed by atoms with E-state index >= 15 is 0 Å². The van der Waals surface area contributed by atoms with Crippen LogP contribution in [0.25, 0.3) is 0 Å². The molecule has 1 aromatic carbocycles. The maximum absolute atomic E-state index is 12.5. The molecule has 132 valence electrons. The number of nitrogens with zero attached hydrogens (tertiary/aromatic N) is 1. The van der Waals surface area contributed by atoms with E-state index in [4.69, 9.17) is 15.2 Å². The van der Waals surface area contributed by atoms with E-state index in [9.17, 15) is 20.0 Å². The normalized spacial score (nSPS) is 20.1. The summed E-state index contributed by atoms with van der Waals surface area (Å²) in [5, 5.41) is 19.4. The molecule has 1 aliphatic heterocycles. The number of carbonyl (C=O) groups is 2. The van der Waals surface area contributed by atoms with Crippen LogP contribution in [0.5, 0.6) is 5.75 Å². The predicted octanol–water partition coefficient (Wildman–Crippen LogP) is 2.45. The third kappa shape index (κ3) is 2.96. The number of fused-ring (bicyclic) bond motifs is 1. The summed E-state index contributed by atoms with van der Waals surface area (Å²) in [6.45, 7) is 3.37. The van der Waals surface area contributed by atoms with Crippen LogP contribution in [0.4, 0.5) is 0 Å². The molecule has 1 unspecified atom stereocenters. The second-order valence-electron chi connectivity index (χ2n) is 5.43. The smallest absolute Gasteiger partial charge is 0.337 e. The molecule has 8 heteroatoms. The molecule has 0 saturated carbocycles. The number of rotatable bonds is 5. The number of benzene rings is 1. The van der Waals surface area contributed by atoms with Crippen molar-refractivity contribution in [1.82, 2.24) is 0 Å². The highest BCUT2D eigenvalue weighted by molar-refractivity contribution is 9.10. The van der Waals surface area contributed by atoms with Gasteiger partial charge in [0.15, 0.2) is 5.92 Å². The van der Waals surface area contributed by atoms with Gasteiger partial charge in [-0.1, -0.05) is 22.9 Å². The Labute approximate surface area is 153 Å². The van der Waals surface area contributed by atoms with Crippen molar-refractivity contribution in [2.45, 2.75) is 25.7 Å². The van der Waals surface area contributed by atoms with Crippen LogP contribution < -0.4 is 10.5 Å². The van der Waals surface area contributed by atoms with Gasteiger partial charge in [-0.25, -0.2) is 4.79 Å². The van der Waals surface area contributed by atoms with E-state index in [1.54, 1.807) is 32.0 Å². The van der Waals surface area contributed by atoms with Crippen molar-refractivity contribution in [3.8, 4) is 11.8 Å². The van der Waals surface area contributed by atoms with Crippen molar-refractivity contribution in [3.63, 3.8) is 0 Å². The average molecular weight is 409 g/mol. The summed E-state index contributed by atoms with van der Waals surface area (Å²) < 4.78 is 11.1. The second-order valence-corrected chi connectivity index (χ2v) is 6.34. The topological polar surface area (TPSA) is 123 Å². The minimum absolute atomic E-state index is 0.0697. The van der Waals surface area contributed by atoms with E-state index in [2.05, 4.69) is 15.9 Å². The first kappa shape index (κ1) is 18.8. The van der Waals surface area contributed by atoms with Gasteiger partial charge in [0.2, 0.25) is 5.88 Å². The zero-order chi connectivity index (χ0) is 18.8. The van der Waals surface area contributed by atoms with Gasteiger partial charge in [-0.05, 0) is 31.5 Å². The second kappa shape index (κ2) is 7.15. The quantitative estimate of drug-likeness (QED) is 0.716. The minimum Gasteiger partial charge on any atom is -0.478 e. The Bertz CT molecular complexity index is 799. The number of nitrogens with two attached hydrogens (primary N) is 1. The first-order chi connectivity index (χ1) is 11.8. The molecule has 0 saturated heterocycles. The van der Waals surface area contributed by atoms with Crippen LogP contribution in [0.2, 0.25) is 0 Å². The summed E-state index contributed by atoms with van der Waals surface area (Å²) in [5.41, 5.74) is 4.44. The zero-order valence-corrected chi connectivity index (χ0v) is 15.3. The van der Waals surface area contributed by atoms with E-state index in [-0.39, 0.29) is 24.5 Å². The maximum atomic E-state index is 12.5. The highest BCUT2D eigenvalue weighted by Gasteiger charge is 2.54. The molecule has 2 atom stereocenters. The Morgan fingerprint density at radius 3 is 2.68 bits per heavy atom. The number of halogens is 1. The number of hydrogen-bond donors (Lipinski definition) is 2. The summed E-state index contributed by atoms with van der Waals surface area (Å²) in [7, 11) is 0. The summed E-state index contributed by atoms with van der Waals surface area (Å²) in [4.78, 5) is 24.4. The first-order valence-corrected chi connectivity index (χ1v) is 8.40. The van der Waals surface area contributed by atoms with Gasteiger partial charge < -0.3 is 20.3 Å². The standard InChI is InChI=1S/C17H17BrN2O5/c1-3-17(11(8-19)16(23)24-4-2)10-7-9(18)5-6-12(10)25-14(20)13(17)15(21)22/h5-7,11H,3-4,20H2,1-2H3,(H,21,22)/t11-,17?/m1/s1. The third-order valence-corrected chi connectivity index (χ3v) is 4.74. The molecular weight excluding hydrogens is 392 g/mol. The molecule has 0 aliphatic carbocycles. The maximum Gasteiger partial charge on any atom is 0.337 e. The Kier molecular flexibility index (Phi) is 5.38. The third-order valence-electron chi connectivity index (χ3n) is 4.25. The fourth-order valence-electron chi connectivity index (χ4n) is 3.22. The molecule has 0 spiro atoms. The number of carbonyl (C=O) groups excluding carboxylic acids is 1. The molecular formula is C17H17BrN2O5. The van der Waals surface area contributed by atoms with Crippen LogP contribution >= 0.6 is 15.9 Å². The number of carboxylic acid groups (broad SMARTS) is 1. The van der Waals surface area contributed by atoms with Crippen LogP contribution in [-0.2, 0) is 19.7 Å². The molecule has 0 bridgehead atoms. The van der Waals surface area contributed by atoms with Gasteiger partial charge in [-0.2, -0.15) is 5.26 Å². The molecule has 25 heavy (non-hydrogen) atoms. The lowest BCUT2D eigenvalue weighted by Gasteiger charge is -2.40. The van der Waals surface area contributed by atoms with Gasteiger partial charge in [0.05, 0.1) is 18.1 Å². The predicted molar refractivity (Wildman–Crippen MR) is 91.3 cm³/mol. The molecule has 2 rings (SSSR count). The summed E-state index contributed by atoms with van der Waals surface area (Å²) >= 11 is 3.33. The Balaban J connectivity index is 2.86. The number of esters is 1. The lowest BCUT2D eigenvalue weighted by molar-refractivity contribution is -0.148. The molecule has 1 aromatic rings. The van der Waals surface area contributed by atoms with Crippen molar-refractivity contribution in [2.75, 3.05) is 6.61 Å². The highest BCUT2D eigenvalue weighted by Crippen LogP contribution is 2.51. The molecule has 1 heterocycles. The number of nitriles is 1. The van der Waals surface area contributed by atoms with Gasteiger partial charge in [-0.3, -0.25) is 4.79 Å². The van der Waals surface area contributed by atoms with Crippen molar-refractivity contribution < 1.29 is 24.2 Å². The number of ether oxygens (including phenoxy) is 2. The summed E-state index contributed by atoms with van der Waals surface area (Å²) in [5.74, 6) is -3.58. The zero-order valence-electron chi connectivity index (χ0n) is 13.7. The summed E-state index contributed by atoms with van der Waals surface area (Å²) in [6.07, 6.45) is 0.138. The first-order valence-electron chi connectivity index (χ1n) is 7.61. The highest BCUT2D eigenvalue weighted by atomic mass is 79.9. The molecule has 0 fully saturated rings. The van der Waals surface area contributed by atoms with E-state index in [0.29, 0.717) is 15.8 Å². The number of hydrogen-bond acceptors (Lipinski definition) is 6. The number of aliphatic carboxylic acids is 1. The molecule has 0 amide bonds. The average Bonchev–Trinajstić information content (AvgIpc) is 2.55. The van der Waals surface area contributed by atoms with Gasteiger partial charge in [-0.15, -0.1) is 0 Å². The van der Waals surface area contributed by atoms with Crippen LogP contribution in [0, 0.1) is 17.2 Å². The van der Waals surface area contributed by atoms with Crippen molar-refractivity contribution in [3.05, 3.63) is 39.7 Å². The van der Waals surface area contributed by atoms with Crippen LogP contribution in [0.3, 0.4) is 0 Å². The van der Waals surface area contributed by atoms with Gasteiger partial charge in [0.25, 0.3) is 0 Å². The van der Waals surface area contributed by atoms with Crippen LogP contribution in [0.1, 0.15) is 25.8 Å². The van der Waals surface area contributed by atoms with Gasteiger partial charge in [0, 0.05) is 10.0 Å². The van der Waals surface area contributed by atoms with E-state index < -0.39 is 23.3 Å². The lowest BCUT2D eigenvalue weighted by atomic mass is 9.63. The largest absolute Gasteiger partial charge is 0.478 e. The van der Waals surface area contributed by atoms with Gasteiger partial charge in [0.1, 0.15) is 11.3 Å². The molecule has 1 aliphatic rings. The Morgan fingerprint density at radius 2 is 2.16 bits per heavy atom. The monoisotopic (exact) mass is 408 g/mol. The summed E-state index contributed by atoms with van der Waals surface area (Å²) in [6, 6.07) is 6.86. The lowest BCUT2D eigenvalue weighted by Crippen LogP contribution is -2.47. The number of carboxylic acids is 1. The van der Waals surface area contributed by atoms with Crippen LogP contribution in [-0.4, -0.2) is 23.7 Å². The minimum atomic E-state index is -1.49. The van der Waals surface area contributed by atoms with E-state index in [1.807, 2.05) is 6.07 Å². The SMILES string of the molecule is CCOC(=O)[C@@H](C#N)C1(CC)C(C(=O)O)=C(N)Oc2ccc(Br)cc21. The Morgan fingerprint density at radius 1 is 1.48 bits per heavy atom. The van der Waals surface area contributed by atoms with Gasteiger partial charge >= 0.3 is 11.9 Å². The molecule has 0 radical (unpaired) electrons. The molecule has 0 aromatic heterocycles. The fourth-order valence-corrected chi connectivity index (χ4v) is 3.58. The Hall–Kier alpha value is -2.53. The van der Waals surface area contributed by atoms with Crippen molar-refractivity contribution in [1.29, 1.82) is 5.26 Å². The van der Waals surface area contributed by atoms with Crippen LogP contribution in [0.15, 0.2) is 34.1 Å². The van der Waals surface area contributed by atoms with Crippen molar-refractivity contribution >= 4 is 27.9 Å². The molecule has 3 N–H and O–H groups in total. The van der Waals surface area contributed by atoms with E-state index in [0.717, 1.165) is 0 Å².